The summed E-state index contributed by atoms with van der Waals surface area (Å²) >= 11 is 1.01. The summed E-state index contributed by atoms with van der Waals surface area (Å²) in [4.78, 5) is 23.5. The number of carbonyl (C=O) groups is 2. The van der Waals surface area contributed by atoms with Gasteiger partial charge in [0, 0.05) is 5.56 Å². The Bertz CT molecular complexity index is 440. The van der Waals surface area contributed by atoms with Gasteiger partial charge in [-0.25, -0.2) is 0 Å². The number of carbonyl (C=O) groups excluding carboxylic acids is 2. The molecule has 4 heteroatoms. The third kappa shape index (κ3) is 5.37. The molecule has 0 aromatic heterocycles. The molecule has 0 saturated carbocycles. The second kappa shape index (κ2) is 8.80. The molecule has 0 N–H and O–H groups in total. The molecule has 0 saturated heterocycles. The first-order chi connectivity index (χ1) is 9.58. The summed E-state index contributed by atoms with van der Waals surface area (Å²) in [5, 5.41) is -0.560. The van der Waals surface area contributed by atoms with E-state index in [1.807, 2.05) is 24.3 Å². The summed E-state index contributed by atoms with van der Waals surface area (Å²) in [6, 6.07) is 7.63. The zero-order chi connectivity index (χ0) is 15.0. The zero-order valence-electron chi connectivity index (χ0n) is 12.3. The van der Waals surface area contributed by atoms with Crippen molar-refractivity contribution in [2.75, 3.05) is 6.61 Å². The van der Waals surface area contributed by atoms with Gasteiger partial charge < -0.3 is 4.74 Å². The van der Waals surface area contributed by atoms with Crippen molar-refractivity contribution >= 4 is 22.8 Å². The summed E-state index contributed by atoms with van der Waals surface area (Å²) in [7, 11) is 0. The molecule has 1 aromatic carbocycles. The minimum Gasteiger partial charge on any atom is -0.465 e. The molecular formula is C16H22O3S. The molecular weight excluding hydrogens is 272 g/mol. The van der Waals surface area contributed by atoms with Gasteiger partial charge in [0.05, 0.1) is 6.61 Å². The fraction of sp³-hybridized carbons (Fsp3) is 0.500. The van der Waals surface area contributed by atoms with Crippen LogP contribution in [0, 0.1) is 0 Å². The third-order valence-electron chi connectivity index (χ3n) is 2.91. The fourth-order valence-corrected chi connectivity index (χ4v) is 2.48. The lowest BCUT2D eigenvalue weighted by Crippen LogP contribution is -2.18. The second-order valence-electron chi connectivity index (χ2n) is 4.60. The number of ether oxygens (including phenoxy) is 1. The van der Waals surface area contributed by atoms with Crippen LogP contribution < -0.4 is 0 Å². The van der Waals surface area contributed by atoms with E-state index in [1.165, 1.54) is 5.56 Å². The number of hydrogen-bond acceptors (Lipinski definition) is 4. The Balaban J connectivity index is 2.57. The Labute approximate surface area is 125 Å². The monoisotopic (exact) mass is 294 g/mol. The molecule has 0 aliphatic heterocycles. The maximum absolute atomic E-state index is 12.0. The van der Waals surface area contributed by atoms with Crippen molar-refractivity contribution in [3.63, 3.8) is 0 Å². The molecule has 0 radical (unpaired) electrons. The van der Waals surface area contributed by atoms with Gasteiger partial charge in [0.2, 0.25) is 5.12 Å². The molecule has 20 heavy (non-hydrogen) atoms. The molecule has 0 aliphatic rings. The molecule has 1 aromatic rings. The van der Waals surface area contributed by atoms with Crippen LogP contribution >= 0.6 is 11.8 Å². The molecule has 110 valence electrons. The minimum atomic E-state index is -0.470. The Morgan fingerprint density at radius 3 is 2.40 bits per heavy atom. The van der Waals surface area contributed by atoms with Crippen molar-refractivity contribution in [1.29, 1.82) is 0 Å². The third-order valence-corrected chi connectivity index (χ3v) is 3.91. The van der Waals surface area contributed by atoms with Crippen LogP contribution in [-0.2, 0) is 16.0 Å². The van der Waals surface area contributed by atoms with E-state index in [0.717, 1.165) is 31.0 Å². The van der Waals surface area contributed by atoms with Crippen LogP contribution in [0.5, 0.6) is 0 Å². The summed E-state index contributed by atoms with van der Waals surface area (Å²) in [6.45, 7) is 5.94. The highest BCUT2D eigenvalue weighted by Gasteiger charge is 2.19. The highest BCUT2D eigenvalue weighted by molar-refractivity contribution is 8.15. The van der Waals surface area contributed by atoms with Gasteiger partial charge in [0.25, 0.3) is 0 Å². The Kier molecular flexibility index (Phi) is 7.37. The fourth-order valence-electron chi connectivity index (χ4n) is 1.72. The summed E-state index contributed by atoms with van der Waals surface area (Å²) < 4.78 is 4.89. The molecule has 1 atom stereocenters. The standard InChI is InChI=1S/C16H22O3S/c1-4-6-7-13-8-10-14(11-9-13)16(18)20-12(3)15(17)19-5-2/h8-12H,4-7H2,1-3H3. The maximum atomic E-state index is 12.0. The van der Waals surface area contributed by atoms with Crippen LogP contribution in [0.2, 0.25) is 0 Å². The first-order valence-electron chi connectivity index (χ1n) is 7.05. The van der Waals surface area contributed by atoms with Crippen LogP contribution in [0.15, 0.2) is 24.3 Å². The second-order valence-corrected chi connectivity index (χ2v) is 5.91. The van der Waals surface area contributed by atoms with Crippen LogP contribution in [-0.4, -0.2) is 22.9 Å². The first-order valence-corrected chi connectivity index (χ1v) is 7.93. The smallest absolute Gasteiger partial charge is 0.319 e. The first kappa shape index (κ1) is 16.8. The van der Waals surface area contributed by atoms with E-state index in [-0.39, 0.29) is 11.1 Å². The predicted molar refractivity (Wildman–Crippen MR) is 83.1 cm³/mol. The van der Waals surface area contributed by atoms with Gasteiger partial charge in [-0.15, -0.1) is 0 Å². The summed E-state index contributed by atoms with van der Waals surface area (Å²) in [5.41, 5.74) is 1.87. The lowest BCUT2D eigenvalue weighted by atomic mass is 10.1. The molecule has 0 heterocycles. The van der Waals surface area contributed by atoms with E-state index in [2.05, 4.69) is 6.92 Å². The van der Waals surface area contributed by atoms with Crippen molar-refractivity contribution in [1.82, 2.24) is 0 Å². The van der Waals surface area contributed by atoms with E-state index in [0.29, 0.717) is 12.2 Å². The Morgan fingerprint density at radius 2 is 1.85 bits per heavy atom. The number of esters is 1. The van der Waals surface area contributed by atoms with E-state index < -0.39 is 5.25 Å². The van der Waals surface area contributed by atoms with Crippen molar-refractivity contribution in [2.24, 2.45) is 0 Å². The van der Waals surface area contributed by atoms with Crippen molar-refractivity contribution in [3.05, 3.63) is 35.4 Å². The Morgan fingerprint density at radius 1 is 1.20 bits per heavy atom. The zero-order valence-corrected chi connectivity index (χ0v) is 13.2. The number of rotatable bonds is 7. The van der Waals surface area contributed by atoms with Crippen LogP contribution in [0.4, 0.5) is 0 Å². The van der Waals surface area contributed by atoms with Crippen molar-refractivity contribution in [2.45, 2.75) is 45.3 Å². The summed E-state index contributed by atoms with van der Waals surface area (Å²) in [6.07, 6.45) is 3.35. The van der Waals surface area contributed by atoms with Crippen molar-refractivity contribution < 1.29 is 14.3 Å². The topological polar surface area (TPSA) is 43.4 Å². The van der Waals surface area contributed by atoms with Crippen LogP contribution in [0.1, 0.15) is 49.5 Å². The van der Waals surface area contributed by atoms with Crippen LogP contribution in [0.3, 0.4) is 0 Å². The van der Waals surface area contributed by atoms with Gasteiger partial charge >= 0.3 is 5.97 Å². The van der Waals surface area contributed by atoms with Gasteiger partial charge in [0.1, 0.15) is 5.25 Å². The number of unbranched alkanes of at least 4 members (excludes halogenated alkanes) is 1. The Hall–Kier alpha value is -1.29. The predicted octanol–water partition coefficient (Wildman–Crippen LogP) is 3.85. The molecule has 3 nitrogen and oxygen atoms in total. The molecule has 0 bridgehead atoms. The van der Waals surface area contributed by atoms with E-state index >= 15 is 0 Å². The SMILES string of the molecule is CCCCc1ccc(C(=O)SC(C)C(=O)OCC)cc1. The maximum Gasteiger partial charge on any atom is 0.319 e. The lowest BCUT2D eigenvalue weighted by Gasteiger charge is -2.09. The van der Waals surface area contributed by atoms with Crippen LogP contribution in [0.25, 0.3) is 0 Å². The summed E-state index contributed by atoms with van der Waals surface area (Å²) in [5.74, 6) is -0.342. The average Bonchev–Trinajstić information content (AvgIpc) is 2.45. The average molecular weight is 294 g/mol. The highest BCUT2D eigenvalue weighted by atomic mass is 32.2. The molecule has 0 aliphatic carbocycles. The number of benzene rings is 1. The van der Waals surface area contributed by atoms with Gasteiger partial charge in [0.15, 0.2) is 0 Å². The minimum absolute atomic E-state index is 0.0902. The molecule has 0 fully saturated rings. The number of aryl methyl sites for hydroxylation is 1. The lowest BCUT2D eigenvalue weighted by molar-refractivity contribution is -0.142. The quantitative estimate of drug-likeness (QED) is 0.716. The van der Waals surface area contributed by atoms with E-state index in [4.69, 9.17) is 4.74 Å². The van der Waals surface area contributed by atoms with Gasteiger partial charge in [-0.05, 0) is 32.3 Å². The van der Waals surface area contributed by atoms with Crippen molar-refractivity contribution in [3.8, 4) is 0 Å². The molecule has 0 spiro atoms. The highest BCUT2D eigenvalue weighted by Crippen LogP contribution is 2.19. The normalized spacial score (nSPS) is 11.9. The largest absolute Gasteiger partial charge is 0.465 e. The molecule has 1 rings (SSSR count). The molecule has 0 amide bonds. The van der Waals surface area contributed by atoms with Gasteiger partial charge in [-0.3, -0.25) is 9.59 Å². The van der Waals surface area contributed by atoms with E-state index in [9.17, 15) is 9.59 Å². The van der Waals surface area contributed by atoms with E-state index in [1.54, 1.807) is 13.8 Å². The number of thioether (sulfide) groups is 1. The van der Waals surface area contributed by atoms with Gasteiger partial charge in [-0.1, -0.05) is 49.4 Å². The number of hydrogen-bond donors (Lipinski definition) is 0. The molecule has 1 unspecified atom stereocenters. The van der Waals surface area contributed by atoms with Gasteiger partial charge in [-0.2, -0.15) is 0 Å².